The zero-order valence-electron chi connectivity index (χ0n) is 10.2. The highest BCUT2D eigenvalue weighted by Gasteiger charge is 2.20. The Kier molecular flexibility index (Phi) is 4.46. The van der Waals surface area contributed by atoms with Gasteiger partial charge in [-0.25, -0.2) is 9.78 Å². The first kappa shape index (κ1) is 13.5. The maximum absolute atomic E-state index is 10.8. The van der Waals surface area contributed by atoms with Crippen molar-refractivity contribution in [2.45, 2.75) is 31.7 Å². The Hall–Kier alpha value is -1.95. The molecule has 0 amide bonds. The van der Waals surface area contributed by atoms with E-state index in [0.717, 1.165) is 12.8 Å². The van der Waals surface area contributed by atoms with Gasteiger partial charge in [0.2, 0.25) is 5.82 Å². The number of carbonyl (C=O) groups is 1. The van der Waals surface area contributed by atoms with Crippen LogP contribution in [-0.2, 0) is 11.6 Å². The Morgan fingerprint density at radius 1 is 1.74 bits per heavy atom. The van der Waals surface area contributed by atoms with Crippen molar-refractivity contribution in [1.82, 2.24) is 20.3 Å². The first-order valence-electron chi connectivity index (χ1n) is 5.95. The van der Waals surface area contributed by atoms with Crippen LogP contribution in [-0.4, -0.2) is 39.3 Å². The van der Waals surface area contributed by atoms with Crippen molar-refractivity contribution in [1.29, 1.82) is 5.26 Å². The van der Waals surface area contributed by atoms with E-state index >= 15 is 0 Å². The van der Waals surface area contributed by atoms with Gasteiger partial charge in [-0.1, -0.05) is 0 Å². The standard InChI is InChI=1S/C11H15N5O3/c12-5-8-1-2-9(6-14-8)15-19-7-16-4-3-13-10(16)11(17)18/h3-4,8-9,14-15H,1-2,6-7H2,(H,17,18)/t8-,9+/m0/s1. The van der Waals surface area contributed by atoms with Crippen molar-refractivity contribution in [3.8, 4) is 6.07 Å². The van der Waals surface area contributed by atoms with Crippen LogP contribution in [0.25, 0.3) is 0 Å². The van der Waals surface area contributed by atoms with E-state index in [0.29, 0.717) is 6.54 Å². The number of nitrogens with zero attached hydrogens (tertiary/aromatic N) is 3. The van der Waals surface area contributed by atoms with Crippen molar-refractivity contribution in [2.24, 2.45) is 0 Å². The second-order valence-corrected chi connectivity index (χ2v) is 4.28. The van der Waals surface area contributed by atoms with Crippen molar-refractivity contribution in [3.63, 3.8) is 0 Å². The third-order valence-corrected chi connectivity index (χ3v) is 2.93. The summed E-state index contributed by atoms with van der Waals surface area (Å²) in [6.45, 7) is 0.716. The number of aromatic carboxylic acids is 1. The molecule has 0 bridgehead atoms. The first-order valence-corrected chi connectivity index (χ1v) is 5.95. The molecule has 0 unspecified atom stereocenters. The first-order chi connectivity index (χ1) is 9.20. The zero-order valence-corrected chi connectivity index (χ0v) is 10.2. The van der Waals surface area contributed by atoms with E-state index in [1.807, 2.05) is 0 Å². The Bertz CT molecular complexity index is 473. The molecule has 3 N–H and O–H groups in total. The minimum atomic E-state index is -1.09. The van der Waals surface area contributed by atoms with E-state index < -0.39 is 5.97 Å². The number of hydroxylamine groups is 1. The van der Waals surface area contributed by atoms with E-state index in [-0.39, 0.29) is 24.6 Å². The number of hydrogen-bond acceptors (Lipinski definition) is 6. The largest absolute Gasteiger partial charge is 0.475 e. The molecule has 1 fully saturated rings. The number of imidazole rings is 1. The smallest absolute Gasteiger partial charge is 0.372 e. The summed E-state index contributed by atoms with van der Waals surface area (Å²) in [7, 11) is 0. The molecule has 0 radical (unpaired) electrons. The molecule has 1 aliphatic rings. The van der Waals surface area contributed by atoms with Crippen LogP contribution in [0.1, 0.15) is 23.5 Å². The summed E-state index contributed by atoms with van der Waals surface area (Å²) < 4.78 is 1.39. The predicted molar refractivity (Wildman–Crippen MR) is 63.8 cm³/mol. The zero-order chi connectivity index (χ0) is 13.7. The maximum Gasteiger partial charge on any atom is 0.372 e. The highest BCUT2D eigenvalue weighted by molar-refractivity contribution is 5.83. The van der Waals surface area contributed by atoms with Gasteiger partial charge in [0, 0.05) is 25.0 Å². The molecular weight excluding hydrogens is 250 g/mol. The van der Waals surface area contributed by atoms with Gasteiger partial charge in [0.25, 0.3) is 0 Å². The number of nitrogens with one attached hydrogen (secondary N) is 2. The lowest BCUT2D eigenvalue weighted by Crippen LogP contribution is -2.47. The van der Waals surface area contributed by atoms with Gasteiger partial charge in [-0.2, -0.15) is 10.7 Å². The van der Waals surface area contributed by atoms with Gasteiger partial charge in [0.15, 0.2) is 0 Å². The highest BCUT2D eigenvalue weighted by atomic mass is 16.7. The molecule has 0 aliphatic carbocycles. The Balaban J connectivity index is 1.74. The quantitative estimate of drug-likeness (QED) is 0.627. The van der Waals surface area contributed by atoms with Gasteiger partial charge in [0.05, 0.1) is 12.1 Å². The van der Waals surface area contributed by atoms with Crippen LogP contribution >= 0.6 is 0 Å². The number of rotatable bonds is 5. The SMILES string of the molecule is N#C[C@@H]1CC[C@@H](NOCn2ccnc2C(=O)O)CN1. The number of aromatic nitrogens is 2. The maximum atomic E-state index is 10.8. The lowest BCUT2D eigenvalue weighted by atomic mass is 10.0. The summed E-state index contributed by atoms with van der Waals surface area (Å²) in [5, 5.41) is 20.7. The summed E-state index contributed by atoms with van der Waals surface area (Å²) in [5.74, 6) is -1.15. The molecule has 8 nitrogen and oxygen atoms in total. The molecule has 1 aromatic heterocycles. The summed E-state index contributed by atoms with van der Waals surface area (Å²) in [6, 6.07) is 2.19. The van der Waals surface area contributed by atoms with Crippen LogP contribution < -0.4 is 10.8 Å². The Morgan fingerprint density at radius 3 is 3.21 bits per heavy atom. The minimum Gasteiger partial charge on any atom is -0.475 e. The Morgan fingerprint density at radius 2 is 2.58 bits per heavy atom. The predicted octanol–water partition coefficient (Wildman–Crippen LogP) is -0.296. The monoisotopic (exact) mass is 265 g/mol. The molecule has 1 aliphatic heterocycles. The molecule has 8 heteroatoms. The number of carboxylic acid groups (broad SMARTS) is 1. The average Bonchev–Trinajstić information content (AvgIpc) is 2.88. The number of piperidine rings is 1. The summed E-state index contributed by atoms with van der Waals surface area (Å²) in [5.41, 5.74) is 2.86. The average molecular weight is 265 g/mol. The van der Waals surface area contributed by atoms with Gasteiger partial charge in [-0.05, 0) is 12.8 Å². The van der Waals surface area contributed by atoms with Gasteiger partial charge < -0.3 is 10.4 Å². The van der Waals surface area contributed by atoms with Gasteiger partial charge >= 0.3 is 5.97 Å². The van der Waals surface area contributed by atoms with Crippen molar-refractivity contribution >= 4 is 5.97 Å². The van der Waals surface area contributed by atoms with Crippen LogP contribution in [0.3, 0.4) is 0 Å². The van der Waals surface area contributed by atoms with Crippen LogP contribution in [0.5, 0.6) is 0 Å². The third kappa shape index (κ3) is 3.51. The molecule has 0 spiro atoms. The van der Waals surface area contributed by atoms with Crippen molar-refractivity contribution < 1.29 is 14.7 Å². The minimum absolute atomic E-state index is 0.0619. The fraction of sp³-hybridized carbons (Fsp3) is 0.545. The lowest BCUT2D eigenvalue weighted by molar-refractivity contribution is -0.0327. The second-order valence-electron chi connectivity index (χ2n) is 4.28. The van der Waals surface area contributed by atoms with E-state index in [2.05, 4.69) is 21.9 Å². The van der Waals surface area contributed by atoms with Gasteiger partial charge in [-0.3, -0.25) is 9.40 Å². The highest BCUT2D eigenvalue weighted by Crippen LogP contribution is 2.07. The molecule has 2 atom stereocenters. The van der Waals surface area contributed by atoms with Crippen LogP contribution in [0, 0.1) is 11.3 Å². The van der Waals surface area contributed by atoms with Crippen molar-refractivity contribution in [2.75, 3.05) is 6.54 Å². The molecule has 19 heavy (non-hydrogen) atoms. The van der Waals surface area contributed by atoms with E-state index in [4.69, 9.17) is 15.2 Å². The third-order valence-electron chi connectivity index (χ3n) is 2.93. The molecule has 2 rings (SSSR count). The number of nitriles is 1. The normalized spacial score (nSPS) is 22.9. The van der Waals surface area contributed by atoms with Crippen molar-refractivity contribution in [3.05, 3.63) is 18.2 Å². The Labute approximate surface area is 109 Å². The van der Waals surface area contributed by atoms with Crippen LogP contribution in [0.2, 0.25) is 0 Å². The van der Waals surface area contributed by atoms with E-state index in [9.17, 15) is 4.79 Å². The molecule has 0 saturated carbocycles. The molecule has 2 heterocycles. The molecule has 102 valence electrons. The summed E-state index contributed by atoms with van der Waals surface area (Å²) in [4.78, 5) is 19.8. The van der Waals surface area contributed by atoms with Crippen LogP contribution in [0.4, 0.5) is 0 Å². The number of hydrogen-bond donors (Lipinski definition) is 3. The number of carboxylic acids is 1. The fourth-order valence-corrected chi connectivity index (χ4v) is 1.90. The van der Waals surface area contributed by atoms with Crippen LogP contribution in [0.15, 0.2) is 12.4 Å². The van der Waals surface area contributed by atoms with E-state index in [1.165, 1.54) is 17.0 Å². The van der Waals surface area contributed by atoms with Gasteiger partial charge in [0.1, 0.15) is 6.73 Å². The van der Waals surface area contributed by atoms with E-state index in [1.54, 1.807) is 0 Å². The summed E-state index contributed by atoms with van der Waals surface area (Å²) >= 11 is 0. The summed E-state index contributed by atoms with van der Waals surface area (Å²) in [6.07, 6.45) is 4.55. The fourth-order valence-electron chi connectivity index (χ4n) is 1.90. The van der Waals surface area contributed by atoms with Gasteiger partial charge in [-0.15, -0.1) is 0 Å². The topological polar surface area (TPSA) is 112 Å². The lowest BCUT2D eigenvalue weighted by Gasteiger charge is -2.26. The molecule has 1 aromatic rings. The molecular formula is C11H15N5O3. The second kappa shape index (κ2) is 6.29. The molecule has 0 aromatic carbocycles. The molecule has 1 saturated heterocycles.